The topological polar surface area (TPSA) is 32.3 Å². The summed E-state index contributed by atoms with van der Waals surface area (Å²) in [6, 6.07) is 4.55. The van der Waals surface area contributed by atoms with E-state index in [1.165, 1.54) is 12.1 Å². The van der Waals surface area contributed by atoms with E-state index in [-0.39, 0.29) is 18.5 Å². The second-order valence-corrected chi connectivity index (χ2v) is 4.89. The van der Waals surface area contributed by atoms with Crippen LogP contribution in [0.25, 0.3) is 0 Å². The van der Waals surface area contributed by atoms with Gasteiger partial charge in [-0.05, 0) is 36.1 Å². The molecule has 0 aliphatic heterocycles. The highest BCUT2D eigenvalue weighted by molar-refractivity contribution is 6.31. The van der Waals surface area contributed by atoms with Gasteiger partial charge >= 0.3 is 0 Å². The molecule has 1 aromatic rings. The van der Waals surface area contributed by atoms with Crippen molar-refractivity contribution in [1.29, 1.82) is 0 Å². The fraction of sp³-hybridized carbons (Fsp3) is 0.538. The van der Waals surface area contributed by atoms with Gasteiger partial charge in [-0.25, -0.2) is 4.39 Å². The zero-order valence-electron chi connectivity index (χ0n) is 10.2. The highest BCUT2D eigenvalue weighted by Gasteiger charge is 2.12. The van der Waals surface area contributed by atoms with E-state index < -0.39 is 0 Å². The Morgan fingerprint density at radius 1 is 1.41 bits per heavy atom. The molecule has 0 saturated heterocycles. The first-order valence-electron chi connectivity index (χ1n) is 5.82. The molecule has 0 radical (unpaired) electrons. The third kappa shape index (κ3) is 4.62. The molecule has 1 aromatic carbocycles. The van der Waals surface area contributed by atoms with E-state index >= 15 is 0 Å². The lowest BCUT2D eigenvalue weighted by atomic mass is 10.0. The van der Waals surface area contributed by atoms with Crippen LogP contribution in [0.3, 0.4) is 0 Å². The Labute approximate surface area is 107 Å². The number of hydrogen-bond acceptors (Lipinski definition) is 2. The number of aliphatic hydroxyl groups is 1. The van der Waals surface area contributed by atoms with Crippen molar-refractivity contribution in [1.82, 2.24) is 5.32 Å². The summed E-state index contributed by atoms with van der Waals surface area (Å²) in [4.78, 5) is 0. The summed E-state index contributed by atoms with van der Waals surface area (Å²) < 4.78 is 13.1. The first kappa shape index (κ1) is 14.4. The Balaban J connectivity index is 2.61. The van der Waals surface area contributed by atoms with E-state index in [2.05, 4.69) is 19.2 Å². The van der Waals surface area contributed by atoms with Gasteiger partial charge in [-0.2, -0.15) is 0 Å². The molecule has 0 heterocycles. The Morgan fingerprint density at radius 3 is 2.71 bits per heavy atom. The third-order valence-electron chi connectivity index (χ3n) is 2.81. The highest BCUT2D eigenvalue weighted by atomic mass is 35.5. The second-order valence-electron chi connectivity index (χ2n) is 4.48. The van der Waals surface area contributed by atoms with E-state index in [4.69, 9.17) is 16.7 Å². The number of hydrogen-bond donors (Lipinski definition) is 2. The van der Waals surface area contributed by atoms with E-state index in [0.717, 1.165) is 5.56 Å². The summed E-state index contributed by atoms with van der Waals surface area (Å²) in [5, 5.41) is 12.8. The molecule has 0 bridgehead atoms. The van der Waals surface area contributed by atoms with Gasteiger partial charge in [0, 0.05) is 24.2 Å². The van der Waals surface area contributed by atoms with Crippen molar-refractivity contribution in [3.63, 3.8) is 0 Å². The van der Waals surface area contributed by atoms with Crippen molar-refractivity contribution in [2.24, 2.45) is 5.92 Å². The monoisotopic (exact) mass is 259 g/mol. The molecule has 0 aliphatic carbocycles. The molecule has 0 saturated carbocycles. The van der Waals surface area contributed by atoms with Gasteiger partial charge in [0.15, 0.2) is 0 Å². The number of nitrogens with one attached hydrogen (secondary N) is 1. The smallest absolute Gasteiger partial charge is 0.123 e. The average Bonchev–Trinajstić information content (AvgIpc) is 2.28. The quantitative estimate of drug-likeness (QED) is 0.823. The number of rotatable bonds is 6. The van der Waals surface area contributed by atoms with Crippen molar-refractivity contribution >= 4 is 11.6 Å². The number of aliphatic hydroxyl groups excluding tert-OH is 1. The maximum absolute atomic E-state index is 13.1. The fourth-order valence-electron chi connectivity index (χ4n) is 1.73. The van der Waals surface area contributed by atoms with Crippen LogP contribution in [-0.2, 0) is 6.54 Å². The summed E-state index contributed by atoms with van der Waals surface area (Å²) in [6.45, 7) is 4.83. The average molecular weight is 260 g/mol. The van der Waals surface area contributed by atoms with Gasteiger partial charge in [-0.1, -0.05) is 25.4 Å². The van der Waals surface area contributed by atoms with E-state index in [0.29, 0.717) is 23.9 Å². The Morgan fingerprint density at radius 2 is 2.12 bits per heavy atom. The van der Waals surface area contributed by atoms with Crippen LogP contribution in [0.15, 0.2) is 18.2 Å². The molecule has 0 amide bonds. The zero-order valence-corrected chi connectivity index (χ0v) is 11.0. The van der Waals surface area contributed by atoms with E-state index in [1.54, 1.807) is 6.07 Å². The lowest BCUT2D eigenvalue weighted by molar-refractivity contribution is 0.244. The molecular formula is C13H19ClFNO. The molecule has 0 spiro atoms. The van der Waals surface area contributed by atoms with Crippen molar-refractivity contribution in [3.8, 4) is 0 Å². The van der Waals surface area contributed by atoms with Crippen LogP contribution in [0.5, 0.6) is 0 Å². The van der Waals surface area contributed by atoms with Crippen LogP contribution in [0, 0.1) is 11.7 Å². The summed E-state index contributed by atoms with van der Waals surface area (Å²) in [5.41, 5.74) is 0.746. The largest absolute Gasteiger partial charge is 0.396 e. The van der Waals surface area contributed by atoms with Crippen molar-refractivity contribution in [2.75, 3.05) is 6.61 Å². The molecule has 1 atom stereocenters. The summed E-state index contributed by atoms with van der Waals surface area (Å²) >= 11 is 5.98. The summed E-state index contributed by atoms with van der Waals surface area (Å²) in [7, 11) is 0. The molecule has 2 nitrogen and oxygen atoms in total. The summed E-state index contributed by atoms with van der Waals surface area (Å²) in [5.74, 6) is 0.129. The minimum atomic E-state index is -0.283. The molecule has 1 unspecified atom stereocenters. The van der Waals surface area contributed by atoms with Gasteiger partial charge < -0.3 is 10.4 Å². The van der Waals surface area contributed by atoms with Crippen LogP contribution < -0.4 is 5.32 Å². The maximum atomic E-state index is 13.1. The van der Waals surface area contributed by atoms with Gasteiger partial charge in [0.2, 0.25) is 0 Å². The number of benzene rings is 1. The van der Waals surface area contributed by atoms with E-state index in [1.807, 2.05) is 0 Å². The zero-order chi connectivity index (χ0) is 12.8. The molecule has 1 rings (SSSR count). The van der Waals surface area contributed by atoms with Crippen molar-refractivity contribution < 1.29 is 9.50 Å². The minimum absolute atomic E-state index is 0.146. The molecule has 0 fully saturated rings. The molecule has 17 heavy (non-hydrogen) atoms. The van der Waals surface area contributed by atoms with Crippen LogP contribution >= 0.6 is 11.6 Å². The van der Waals surface area contributed by atoms with Crippen LogP contribution in [0.1, 0.15) is 25.8 Å². The van der Waals surface area contributed by atoms with Gasteiger partial charge in [-0.15, -0.1) is 0 Å². The highest BCUT2D eigenvalue weighted by Crippen LogP contribution is 2.17. The molecule has 0 aromatic heterocycles. The normalized spacial score (nSPS) is 13.1. The van der Waals surface area contributed by atoms with Crippen molar-refractivity contribution in [2.45, 2.75) is 32.9 Å². The van der Waals surface area contributed by atoms with Crippen molar-refractivity contribution in [3.05, 3.63) is 34.6 Å². The molecule has 2 N–H and O–H groups in total. The van der Waals surface area contributed by atoms with Gasteiger partial charge in [-0.3, -0.25) is 0 Å². The van der Waals surface area contributed by atoms with E-state index in [9.17, 15) is 4.39 Å². The Bertz CT molecular complexity index is 357. The summed E-state index contributed by atoms with van der Waals surface area (Å²) in [6.07, 6.45) is 0.685. The first-order chi connectivity index (χ1) is 8.04. The standard InChI is InChI=1S/C13H19ClFNO/c1-9(2)13(5-6-17)16-8-10-7-11(15)3-4-12(10)14/h3-4,7,9,13,16-17H,5-6,8H2,1-2H3. The van der Waals surface area contributed by atoms with Gasteiger partial charge in [0.05, 0.1) is 0 Å². The molecule has 96 valence electrons. The van der Waals surface area contributed by atoms with Crippen LogP contribution in [-0.4, -0.2) is 17.8 Å². The van der Waals surface area contributed by atoms with Crippen LogP contribution in [0.2, 0.25) is 5.02 Å². The maximum Gasteiger partial charge on any atom is 0.123 e. The predicted octanol–water partition coefficient (Wildman–Crippen LogP) is 2.98. The minimum Gasteiger partial charge on any atom is -0.396 e. The second kappa shape index (κ2) is 6.94. The van der Waals surface area contributed by atoms with Gasteiger partial charge in [0.25, 0.3) is 0 Å². The third-order valence-corrected chi connectivity index (χ3v) is 3.18. The Hall–Kier alpha value is -0.640. The fourth-order valence-corrected chi connectivity index (χ4v) is 1.91. The first-order valence-corrected chi connectivity index (χ1v) is 6.20. The Kier molecular flexibility index (Phi) is 5.89. The number of halogens is 2. The lowest BCUT2D eigenvalue weighted by Crippen LogP contribution is -2.34. The van der Waals surface area contributed by atoms with Crippen LogP contribution in [0.4, 0.5) is 4.39 Å². The lowest BCUT2D eigenvalue weighted by Gasteiger charge is -2.21. The molecule has 0 aliphatic rings. The van der Waals surface area contributed by atoms with Gasteiger partial charge in [0.1, 0.15) is 5.82 Å². The molecular weight excluding hydrogens is 241 g/mol. The molecule has 4 heteroatoms. The SMILES string of the molecule is CC(C)C(CCO)NCc1cc(F)ccc1Cl. The predicted molar refractivity (Wildman–Crippen MR) is 68.6 cm³/mol.